The summed E-state index contributed by atoms with van der Waals surface area (Å²) in [5.41, 5.74) is -0.00600. The zero-order chi connectivity index (χ0) is 13.8. The summed E-state index contributed by atoms with van der Waals surface area (Å²) in [4.78, 5) is 25.6. The Hall–Kier alpha value is -1.06. The third-order valence-corrected chi connectivity index (χ3v) is 3.08. The van der Waals surface area contributed by atoms with Gasteiger partial charge in [0, 0.05) is 19.5 Å². The van der Waals surface area contributed by atoms with Gasteiger partial charge >= 0.3 is 5.97 Å². The van der Waals surface area contributed by atoms with E-state index in [1.807, 2.05) is 11.8 Å². The number of hydrogen-bond acceptors (Lipinski definition) is 3. The summed E-state index contributed by atoms with van der Waals surface area (Å²) < 4.78 is 5.03. The summed E-state index contributed by atoms with van der Waals surface area (Å²) in [7, 11) is 0. The van der Waals surface area contributed by atoms with Crippen molar-refractivity contribution in [2.24, 2.45) is 11.3 Å². The molecule has 0 radical (unpaired) electrons. The molecule has 1 amide bonds. The summed E-state index contributed by atoms with van der Waals surface area (Å²) in [6.45, 7) is 9.67. The predicted octanol–water partition coefficient (Wildman–Crippen LogP) is 2.22. The van der Waals surface area contributed by atoms with Crippen molar-refractivity contribution < 1.29 is 14.3 Å². The molecule has 4 heteroatoms. The van der Waals surface area contributed by atoms with Crippen molar-refractivity contribution in [3.05, 3.63) is 0 Å². The molecule has 0 aromatic carbocycles. The van der Waals surface area contributed by atoms with Gasteiger partial charge in [0.05, 0.1) is 12.5 Å². The average Bonchev–Trinajstić information content (AvgIpc) is 2.27. The van der Waals surface area contributed by atoms with Gasteiger partial charge in [-0.25, -0.2) is 0 Å². The Morgan fingerprint density at radius 2 is 2.00 bits per heavy atom. The first kappa shape index (κ1) is 15.0. The lowest BCUT2D eigenvalue weighted by Crippen LogP contribution is -2.43. The number of amides is 1. The fourth-order valence-electron chi connectivity index (χ4n) is 2.22. The molecule has 0 aromatic rings. The molecule has 1 fully saturated rings. The number of ether oxygens (including phenoxy) is 1. The van der Waals surface area contributed by atoms with Gasteiger partial charge in [0.15, 0.2) is 0 Å². The molecule has 1 heterocycles. The Balaban J connectivity index is 2.53. The minimum Gasteiger partial charge on any atom is -0.466 e. The van der Waals surface area contributed by atoms with Crippen molar-refractivity contribution in [3.63, 3.8) is 0 Å². The van der Waals surface area contributed by atoms with Crippen LogP contribution in [0.15, 0.2) is 0 Å². The van der Waals surface area contributed by atoms with Crippen LogP contribution in [-0.2, 0) is 14.3 Å². The molecule has 1 rings (SSSR count). The second-order valence-corrected chi connectivity index (χ2v) is 6.17. The average molecular weight is 255 g/mol. The molecule has 0 unspecified atom stereocenters. The monoisotopic (exact) mass is 255 g/mol. The van der Waals surface area contributed by atoms with Gasteiger partial charge in [-0.2, -0.15) is 0 Å². The SMILES string of the molecule is CCOC(=O)[C@H]1CCCN(C(=O)CC(C)(C)C)C1. The summed E-state index contributed by atoms with van der Waals surface area (Å²) in [5, 5.41) is 0. The Kier molecular flexibility index (Phi) is 5.17. The Bertz CT molecular complexity index is 307. The number of esters is 1. The van der Waals surface area contributed by atoms with E-state index in [-0.39, 0.29) is 23.2 Å². The molecular formula is C14H25NO3. The maximum Gasteiger partial charge on any atom is 0.310 e. The van der Waals surface area contributed by atoms with Crippen LogP contribution in [0.3, 0.4) is 0 Å². The minimum atomic E-state index is -0.161. The highest BCUT2D eigenvalue weighted by Crippen LogP contribution is 2.23. The summed E-state index contributed by atoms with van der Waals surface area (Å²) in [6, 6.07) is 0. The molecule has 0 saturated carbocycles. The first-order valence-corrected chi connectivity index (χ1v) is 6.78. The van der Waals surface area contributed by atoms with Gasteiger partial charge in [-0.3, -0.25) is 9.59 Å². The van der Waals surface area contributed by atoms with E-state index in [4.69, 9.17) is 4.74 Å². The maximum absolute atomic E-state index is 12.1. The lowest BCUT2D eigenvalue weighted by molar-refractivity contribution is -0.151. The van der Waals surface area contributed by atoms with Crippen LogP contribution in [0.4, 0.5) is 0 Å². The molecule has 18 heavy (non-hydrogen) atoms. The van der Waals surface area contributed by atoms with Gasteiger partial charge in [-0.15, -0.1) is 0 Å². The number of likely N-dealkylation sites (tertiary alicyclic amines) is 1. The van der Waals surface area contributed by atoms with E-state index < -0.39 is 0 Å². The molecule has 104 valence electrons. The quantitative estimate of drug-likeness (QED) is 0.726. The molecule has 1 atom stereocenters. The van der Waals surface area contributed by atoms with Crippen molar-refractivity contribution in [2.75, 3.05) is 19.7 Å². The largest absolute Gasteiger partial charge is 0.466 e. The highest BCUT2D eigenvalue weighted by atomic mass is 16.5. The van der Waals surface area contributed by atoms with E-state index in [0.717, 1.165) is 19.4 Å². The number of hydrogen-bond donors (Lipinski definition) is 0. The van der Waals surface area contributed by atoms with Gasteiger partial charge in [0.25, 0.3) is 0 Å². The van der Waals surface area contributed by atoms with Gasteiger partial charge < -0.3 is 9.64 Å². The maximum atomic E-state index is 12.1. The second kappa shape index (κ2) is 6.21. The third-order valence-electron chi connectivity index (χ3n) is 3.08. The van der Waals surface area contributed by atoms with Crippen LogP contribution < -0.4 is 0 Å². The third kappa shape index (κ3) is 4.67. The number of piperidine rings is 1. The second-order valence-electron chi connectivity index (χ2n) is 6.17. The summed E-state index contributed by atoms with van der Waals surface area (Å²) in [5.74, 6) is -0.148. The van der Waals surface area contributed by atoms with Crippen LogP contribution in [0, 0.1) is 11.3 Å². The van der Waals surface area contributed by atoms with Gasteiger partial charge in [-0.05, 0) is 25.2 Å². The van der Waals surface area contributed by atoms with Gasteiger partial charge in [0.2, 0.25) is 5.91 Å². The first-order chi connectivity index (χ1) is 8.33. The molecule has 0 N–H and O–H groups in total. The number of rotatable bonds is 3. The van der Waals surface area contributed by atoms with Crippen molar-refractivity contribution in [2.45, 2.75) is 47.0 Å². The highest BCUT2D eigenvalue weighted by molar-refractivity contribution is 5.79. The van der Waals surface area contributed by atoms with Gasteiger partial charge in [-0.1, -0.05) is 20.8 Å². The van der Waals surface area contributed by atoms with Gasteiger partial charge in [0.1, 0.15) is 0 Å². The van der Waals surface area contributed by atoms with E-state index in [1.165, 1.54) is 0 Å². The normalized spacial score (nSPS) is 20.7. The Morgan fingerprint density at radius 3 is 2.56 bits per heavy atom. The minimum absolute atomic E-state index is 0.00600. The lowest BCUT2D eigenvalue weighted by Gasteiger charge is -2.33. The fourth-order valence-corrected chi connectivity index (χ4v) is 2.22. The topological polar surface area (TPSA) is 46.6 Å². The molecule has 1 saturated heterocycles. The number of carbonyl (C=O) groups is 2. The zero-order valence-corrected chi connectivity index (χ0v) is 12.0. The van der Waals surface area contributed by atoms with E-state index >= 15 is 0 Å². The molecule has 0 aliphatic carbocycles. The molecule has 1 aliphatic rings. The van der Waals surface area contributed by atoms with Crippen LogP contribution in [0.2, 0.25) is 0 Å². The highest BCUT2D eigenvalue weighted by Gasteiger charge is 2.30. The van der Waals surface area contributed by atoms with Crippen LogP contribution in [0.5, 0.6) is 0 Å². The molecule has 0 aromatic heterocycles. The van der Waals surface area contributed by atoms with Crippen molar-refractivity contribution >= 4 is 11.9 Å². The predicted molar refractivity (Wildman–Crippen MR) is 70.0 cm³/mol. The van der Waals surface area contributed by atoms with E-state index in [0.29, 0.717) is 19.6 Å². The smallest absolute Gasteiger partial charge is 0.310 e. The number of carbonyl (C=O) groups excluding carboxylic acids is 2. The molecule has 0 spiro atoms. The van der Waals surface area contributed by atoms with E-state index in [9.17, 15) is 9.59 Å². The van der Waals surface area contributed by atoms with Crippen LogP contribution in [0.1, 0.15) is 47.0 Å². The summed E-state index contributed by atoms with van der Waals surface area (Å²) >= 11 is 0. The molecular weight excluding hydrogens is 230 g/mol. The van der Waals surface area contributed by atoms with Crippen LogP contribution in [0.25, 0.3) is 0 Å². The van der Waals surface area contributed by atoms with Crippen LogP contribution >= 0.6 is 0 Å². The van der Waals surface area contributed by atoms with E-state index in [1.54, 1.807) is 0 Å². The number of nitrogens with zero attached hydrogens (tertiary/aromatic N) is 1. The fraction of sp³-hybridized carbons (Fsp3) is 0.857. The lowest BCUT2D eigenvalue weighted by atomic mass is 9.90. The molecule has 1 aliphatic heterocycles. The molecule has 0 bridgehead atoms. The molecule has 4 nitrogen and oxygen atoms in total. The van der Waals surface area contributed by atoms with Crippen LogP contribution in [-0.4, -0.2) is 36.5 Å². The van der Waals surface area contributed by atoms with E-state index in [2.05, 4.69) is 20.8 Å². The zero-order valence-electron chi connectivity index (χ0n) is 12.0. The Labute approximate surface area is 110 Å². The Morgan fingerprint density at radius 1 is 1.33 bits per heavy atom. The van der Waals surface area contributed by atoms with Crippen molar-refractivity contribution in [1.82, 2.24) is 4.90 Å². The first-order valence-electron chi connectivity index (χ1n) is 6.78. The van der Waals surface area contributed by atoms with Crippen molar-refractivity contribution in [1.29, 1.82) is 0 Å². The van der Waals surface area contributed by atoms with Crippen molar-refractivity contribution in [3.8, 4) is 0 Å². The standard InChI is InChI=1S/C14H25NO3/c1-5-18-13(17)11-7-6-8-15(10-11)12(16)9-14(2,3)4/h11H,5-10H2,1-4H3/t11-/m0/s1. The summed E-state index contributed by atoms with van der Waals surface area (Å²) in [6.07, 6.45) is 2.25.